The Kier molecular flexibility index (Phi) is 6.88. The third kappa shape index (κ3) is 4.90. The fourth-order valence-electron chi connectivity index (χ4n) is 7.07. The average molecular weight is 674 g/mol. The number of hydrogen-bond donors (Lipinski definition) is 0. The van der Waals surface area contributed by atoms with Gasteiger partial charge in [0.1, 0.15) is 6.07 Å². The van der Waals surface area contributed by atoms with Gasteiger partial charge in [-0.1, -0.05) is 59.7 Å². The maximum atomic E-state index is 14.3. The molecule has 2 heterocycles. The van der Waals surface area contributed by atoms with E-state index in [2.05, 4.69) is 6.07 Å². The van der Waals surface area contributed by atoms with E-state index >= 15 is 0 Å². The smallest absolute Gasteiger partial charge is 0.309 e. The Balaban J connectivity index is 1.56. The van der Waals surface area contributed by atoms with Crippen molar-refractivity contribution in [2.45, 2.75) is 26.2 Å². The summed E-state index contributed by atoms with van der Waals surface area (Å²) >= 11 is 0. The van der Waals surface area contributed by atoms with E-state index in [1.54, 1.807) is 12.1 Å². The molecule has 3 nitrogen and oxygen atoms in total. The largest absolute Gasteiger partial charge is 0.416 e. The fourth-order valence-corrected chi connectivity index (χ4v) is 7.07. The quantitative estimate of drug-likeness (QED) is 0.172. The van der Waals surface area contributed by atoms with Crippen LogP contribution in [0.4, 0.5) is 26.3 Å². The third-order valence-corrected chi connectivity index (χ3v) is 9.27. The van der Waals surface area contributed by atoms with Crippen LogP contribution >= 0.6 is 0 Å². The van der Waals surface area contributed by atoms with Crippen molar-refractivity contribution >= 4 is 43.6 Å². The molecule has 0 saturated carbocycles. The SMILES string of the molecule is Cc1ccc2c(c1)c1ccccc1n2-c1cc(-c2cc(C(F)(F)F)cc(C(F)(F)F)c2)c(-n2c3ccccc3c3cc(C)ccc32)cc1C#N. The number of halogens is 6. The number of nitriles is 1. The molecule has 0 aliphatic carbocycles. The van der Waals surface area contributed by atoms with Crippen LogP contribution in [0.2, 0.25) is 0 Å². The van der Waals surface area contributed by atoms with Gasteiger partial charge < -0.3 is 9.13 Å². The molecule has 0 bridgehead atoms. The fraction of sp³-hybridized carbons (Fsp3) is 0.0976. The lowest BCUT2D eigenvalue weighted by Gasteiger charge is -2.20. The molecule has 0 spiro atoms. The molecule has 0 aliphatic rings. The van der Waals surface area contributed by atoms with Crippen molar-refractivity contribution < 1.29 is 26.3 Å². The highest BCUT2D eigenvalue weighted by atomic mass is 19.4. The van der Waals surface area contributed by atoms with Gasteiger partial charge >= 0.3 is 12.4 Å². The van der Waals surface area contributed by atoms with Crippen molar-refractivity contribution in [2.75, 3.05) is 0 Å². The Bertz CT molecular complexity index is 2690. The minimum Gasteiger partial charge on any atom is -0.309 e. The Morgan fingerprint density at radius 1 is 0.500 bits per heavy atom. The van der Waals surface area contributed by atoms with Gasteiger partial charge in [-0.3, -0.25) is 0 Å². The van der Waals surface area contributed by atoms with E-state index in [0.29, 0.717) is 16.7 Å². The van der Waals surface area contributed by atoms with E-state index in [1.165, 1.54) is 0 Å². The molecule has 0 saturated heterocycles. The van der Waals surface area contributed by atoms with Crippen LogP contribution in [0.25, 0.3) is 66.1 Å². The summed E-state index contributed by atoms with van der Waals surface area (Å²) in [5, 5.41) is 14.2. The molecule has 50 heavy (non-hydrogen) atoms. The summed E-state index contributed by atoms with van der Waals surface area (Å²) in [4.78, 5) is 0. The number of rotatable bonds is 3. The van der Waals surface area contributed by atoms with Gasteiger partial charge in [0.25, 0.3) is 0 Å². The predicted octanol–water partition coefficient (Wildman–Crippen LogP) is 12.1. The summed E-state index contributed by atoms with van der Waals surface area (Å²) < 4.78 is 89.2. The van der Waals surface area contributed by atoms with Gasteiger partial charge in [0, 0.05) is 27.1 Å². The van der Waals surface area contributed by atoms with Gasteiger partial charge in [0.15, 0.2) is 0 Å². The van der Waals surface area contributed by atoms with E-state index in [-0.39, 0.29) is 28.4 Å². The lowest BCUT2D eigenvalue weighted by molar-refractivity contribution is -0.143. The average Bonchev–Trinajstić information content (AvgIpc) is 3.58. The maximum absolute atomic E-state index is 14.3. The highest BCUT2D eigenvalue weighted by Gasteiger charge is 2.37. The third-order valence-electron chi connectivity index (χ3n) is 9.27. The van der Waals surface area contributed by atoms with Crippen molar-refractivity contribution in [3.8, 4) is 28.6 Å². The van der Waals surface area contributed by atoms with E-state index in [1.807, 2.05) is 108 Å². The van der Waals surface area contributed by atoms with Crippen LogP contribution in [0.1, 0.15) is 27.8 Å². The molecule has 246 valence electrons. The number of aromatic nitrogens is 2. The van der Waals surface area contributed by atoms with Crippen molar-refractivity contribution in [2.24, 2.45) is 0 Å². The minimum absolute atomic E-state index is 0.0943. The number of benzene rings is 6. The van der Waals surface area contributed by atoms with E-state index in [9.17, 15) is 31.6 Å². The molecule has 0 radical (unpaired) electrons. The molecule has 0 unspecified atom stereocenters. The second-order valence-electron chi connectivity index (χ2n) is 12.5. The van der Waals surface area contributed by atoms with Crippen molar-refractivity contribution in [3.05, 3.63) is 143 Å². The van der Waals surface area contributed by atoms with Gasteiger partial charge in [-0.25, -0.2) is 0 Å². The summed E-state index contributed by atoms with van der Waals surface area (Å²) in [5.41, 5.74) is 2.54. The normalized spacial score (nSPS) is 12.4. The van der Waals surface area contributed by atoms with Gasteiger partial charge in [0.05, 0.1) is 50.1 Å². The van der Waals surface area contributed by atoms with Crippen molar-refractivity contribution in [1.29, 1.82) is 5.26 Å². The van der Waals surface area contributed by atoms with Crippen LogP contribution in [-0.4, -0.2) is 9.13 Å². The van der Waals surface area contributed by atoms with Crippen molar-refractivity contribution in [1.82, 2.24) is 9.13 Å². The number of fused-ring (bicyclic) bond motifs is 6. The molecule has 2 aromatic heterocycles. The standard InChI is InChI=1S/C41H25F6N3/c1-23-11-13-36-32(15-23)29-7-3-5-9-34(29)49(36)38-21-31(25-17-27(40(42,43)44)20-28(18-25)41(45,46)47)39(19-26(38)22-48)50-35-10-6-4-8-30(35)33-16-24(2)12-14-37(33)50/h3-21H,1-2H3. The highest BCUT2D eigenvalue weighted by molar-refractivity contribution is 6.11. The zero-order chi connectivity index (χ0) is 35.1. The second-order valence-corrected chi connectivity index (χ2v) is 12.5. The molecule has 6 aromatic carbocycles. The van der Waals surface area contributed by atoms with Crippen LogP contribution in [0.15, 0.2) is 115 Å². The van der Waals surface area contributed by atoms with Crippen LogP contribution in [0.3, 0.4) is 0 Å². The topological polar surface area (TPSA) is 33.6 Å². The van der Waals surface area contributed by atoms with E-state index in [4.69, 9.17) is 0 Å². The number of para-hydroxylation sites is 2. The first kappa shape index (κ1) is 31.3. The van der Waals surface area contributed by atoms with E-state index in [0.717, 1.165) is 55.8 Å². The van der Waals surface area contributed by atoms with Crippen LogP contribution in [0, 0.1) is 25.2 Å². The molecule has 0 amide bonds. The lowest BCUT2D eigenvalue weighted by Crippen LogP contribution is -2.11. The minimum atomic E-state index is -5.05. The lowest BCUT2D eigenvalue weighted by atomic mass is 9.95. The molecular formula is C41H25F6N3. The highest BCUT2D eigenvalue weighted by Crippen LogP contribution is 2.44. The number of hydrogen-bond acceptors (Lipinski definition) is 1. The zero-order valence-electron chi connectivity index (χ0n) is 26.6. The van der Waals surface area contributed by atoms with Crippen LogP contribution < -0.4 is 0 Å². The molecule has 9 heteroatoms. The molecule has 8 rings (SSSR count). The molecule has 8 aromatic rings. The summed E-state index contributed by atoms with van der Waals surface area (Å²) in [5.74, 6) is 0. The Hall–Kier alpha value is -6.01. The summed E-state index contributed by atoms with van der Waals surface area (Å²) in [7, 11) is 0. The van der Waals surface area contributed by atoms with Gasteiger partial charge in [-0.15, -0.1) is 0 Å². The monoisotopic (exact) mass is 673 g/mol. The Morgan fingerprint density at radius 3 is 1.44 bits per heavy atom. The van der Waals surface area contributed by atoms with Gasteiger partial charge in [0.2, 0.25) is 0 Å². The van der Waals surface area contributed by atoms with Crippen LogP contribution in [-0.2, 0) is 12.4 Å². The predicted molar refractivity (Wildman–Crippen MR) is 185 cm³/mol. The molecule has 0 fully saturated rings. The first-order valence-corrected chi connectivity index (χ1v) is 15.7. The Morgan fingerprint density at radius 2 is 0.960 bits per heavy atom. The Labute approximate surface area is 281 Å². The van der Waals surface area contributed by atoms with E-state index < -0.39 is 23.5 Å². The molecule has 0 atom stereocenters. The first-order chi connectivity index (χ1) is 23.8. The first-order valence-electron chi connectivity index (χ1n) is 15.7. The van der Waals surface area contributed by atoms with Gasteiger partial charge in [-0.05, 0) is 86.1 Å². The summed E-state index contributed by atoms with van der Waals surface area (Å²) in [6.07, 6.45) is -10.1. The van der Waals surface area contributed by atoms with Crippen molar-refractivity contribution in [3.63, 3.8) is 0 Å². The molecular weight excluding hydrogens is 648 g/mol. The van der Waals surface area contributed by atoms with Crippen LogP contribution in [0.5, 0.6) is 0 Å². The van der Waals surface area contributed by atoms with Gasteiger partial charge in [-0.2, -0.15) is 31.6 Å². The molecule has 0 aliphatic heterocycles. The summed E-state index contributed by atoms with van der Waals surface area (Å²) in [6, 6.07) is 33.6. The number of alkyl halides is 6. The zero-order valence-corrected chi connectivity index (χ0v) is 26.6. The molecule has 0 N–H and O–H groups in total. The number of nitrogens with zero attached hydrogens (tertiary/aromatic N) is 3. The second kappa shape index (κ2) is 11.0. The number of aryl methyl sites for hydroxylation is 2. The maximum Gasteiger partial charge on any atom is 0.416 e. The summed E-state index contributed by atoms with van der Waals surface area (Å²) in [6.45, 7) is 3.90.